The molecule has 1 aromatic carbocycles. The molecule has 1 aromatic heterocycles. The number of halogens is 2. The molecule has 2 aromatic rings. The Balaban J connectivity index is 1.29. The van der Waals surface area contributed by atoms with Crippen molar-refractivity contribution in [3.05, 3.63) is 34.7 Å². The molecule has 4 amide bonds. The molecule has 15 heteroatoms. The molecule has 4 heterocycles. The van der Waals surface area contributed by atoms with Gasteiger partial charge in [0, 0.05) is 48.8 Å². The van der Waals surface area contributed by atoms with E-state index in [2.05, 4.69) is 5.32 Å². The van der Waals surface area contributed by atoms with Gasteiger partial charge >= 0.3 is 13.3 Å². The maximum Gasteiger partial charge on any atom is 0.399 e. The first kappa shape index (κ1) is 35.4. The molecule has 0 unspecified atom stereocenters. The number of amides is 4. The van der Waals surface area contributed by atoms with Gasteiger partial charge in [0.2, 0.25) is 17.7 Å². The summed E-state index contributed by atoms with van der Waals surface area (Å²) < 4.78 is 40.4. The molecule has 4 atom stereocenters. The number of rotatable bonds is 9. The molecule has 0 bridgehead atoms. The van der Waals surface area contributed by atoms with Crippen LogP contribution in [0.25, 0.3) is 10.1 Å². The minimum atomic E-state index is -5.77. The zero-order chi connectivity index (χ0) is 34.5. The third-order valence-electron chi connectivity index (χ3n) is 9.59. The van der Waals surface area contributed by atoms with Crippen molar-refractivity contribution in [3.63, 3.8) is 0 Å². The van der Waals surface area contributed by atoms with Gasteiger partial charge < -0.3 is 29.8 Å². The largest absolute Gasteiger partial charge is 0.399 e. The van der Waals surface area contributed by atoms with Crippen molar-refractivity contribution in [1.82, 2.24) is 20.0 Å². The third-order valence-corrected chi connectivity index (χ3v) is 11.7. The number of nitrogens with one attached hydrogen (secondary N) is 1. The molecule has 258 valence electrons. The van der Waals surface area contributed by atoms with Crippen LogP contribution in [-0.4, -0.2) is 92.4 Å². The van der Waals surface area contributed by atoms with E-state index in [-0.39, 0.29) is 39.9 Å². The molecule has 3 aliphatic heterocycles. The van der Waals surface area contributed by atoms with E-state index in [0.29, 0.717) is 50.1 Å². The Bertz CT molecular complexity index is 1610. The predicted molar refractivity (Wildman–Crippen MR) is 173 cm³/mol. The van der Waals surface area contributed by atoms with E-state index < -0.39 is 42.2 Å². The molecular weight excluding hydrogens is 653 g/mol. The summed E-state index contributed by atoms with van der Waals surface area (Å²) in [5.41, 5.74) is -6.01. The van der Waals surface area contributed by atoms with E-state index in [0.717, 1.165) is 42.7 Å². The summed E-state index contributed by atoms with van der Waals surface area (Å²) in [6, 6.07) is 2.80. The quantitative estimate of drug-likeness (QED) is 0.327. The monoisotopic (exact) mass is 696 g/mol. The molecule has 3 fully saturated rings. The van der Waals surface area contributed by atoms with Crippen LogP contribution in [0.15, 0.2) is 24.3 Å². The van der Waals surface area contributed by atoms with E-state index in [1.807, 2.05) is 11.8 Å². The highest BCUT2D eigenvalue weighted by atomic mass is 32.1. The minimum absolute atomic E-state index is 0.00382. The van der Waals surface area contributed by atoms with Crippen LogP contribution in [0.5, 0.6) is 0 Å². The molecule has 5 rings (SSSR count). The molecule has 0 saturated carbocycles. The number of benzene rings is 1. The average Bonchev–Trinajstić information content (AvgIpc) is 3.79. The normalized spacial score (nSPS) is 22.6. The second-order valence-corrected chi connectivity index (χ2v) is 16.7. The lowest BCUT2D eigenvalue weighted by Gasteiger charge is -2.36. The van der Waals surface area contributed by atoms with E-state index in [1.165, 1.54) is 12.1 Å². The molecule has 0 aliphatic carbocycles. The number of fused-ring (bicyclic) bond motifs is 2. The van der Waals surface area contributed by atoms with Gasteiger partial charge in [0.1, 0.15) is 12.1 Å². The summed E-state index contributed by atoms with van der Waals surface area (Å²) in [7, 11) is -5.77. The summed E-state index contributed by atoms with van der Waals surface area (Å²) in [5.74, 6) is -0.782. The van der Waals surface area contributed by atoms with E-state index in [9.17, 15) is 32.5 Å². The fourth-order valence-electron chi connectivity index (χ4n) is 6.95. The fourth-order valence-corrected chi connectivity index (χ4v) is 8.37. The standard InChI is InChI=1S/C32H43F2N4O7PS/c1-5-6-9-26(39)37-14-12-19-17-36(18-23(19)37)29(41)22-8-7-13-38(22)30(42)27(31(2,3)4)35-28(40)25-16-20-15-21(10-11-24(20)47-25)32(33,34)46(43,44)45/h10-11,15-16,19,22-23,27H,5-9,12-14,17-18H2,1-4H3,(H,35,40)(H2,43,44,45)/t19-,22-,23+,27+/m0/s1. The number of carbonyl (C=O) groups excluding carboxylic acids is 4. The highest BCUT2D eigenvalue weighted by Gasteiger charge is 2.51. The maximum atomic E-state index is 14.3. The summed E-state index contributed by atoms with van der Waals surface area (Å²) in [6.45, 7) is 9.52. The van der Waals surface area contributed by atoms with Gasteiger partial charge in [-0.1, -0.05) is 40.2 Å². The van der Waals surface area contributed by atoms with Gasteiger partial charge in [-0.2, -0.15) is 8.78 Å². The smallest absolute Gasteiger partial charge is 0.339 e. The van der Waals surface area contributed by atoms with Crippen molar-refractivity contribution in [1.29, 1.82) is 0 Å². The Morgan fingerprint density at radius 3 is 2.45 bits per heavy atom. The zero-order valence-electron chi connectivity index (χ0n) is 27.1. The zero-order valence-corrected chi connectivity index (χ0v) is 28.8. The molecular formula is C32H43F2N4O7PS. The summed E-state index contributed by atoms with van der Waals surface area (Å²) in [5, 5.41) is 3.02. The number of likely N-dealkylation sites (tertiary alicyclic amines) is 3. The third kappa shape index (κ3) is 6.97. The van der Waals surface area contributed by atoms with Gasteiger partial charge in [0.15, 0.2) is 0 Å². The van der Waals surface area contributed by atoms with Crippen LogP contribution >= 0.6 is 18.9 Å². The van der Waals surface area contributed by atoms with Gasteiger partial charge in [-0.25, -0.2) is 0 Å². The molecule has 3 N–H and O–H groups in total. The first-order valence-electron chi connectivity index (χ1n) is 16.1. The van der Waals surface area contributed by atoms with Crippen LogP contribution < -0.4 is 5.32 Å². The number of hydrogen-bond donors (Lipinski definition) is 3. The van der Waals surface area contributed by atoms with Crippen molar-refractivity contribution in [3.8, 4) is 0 Å². The lowest BCUT2D eigenvalue weighted by Crippen LogP contribution is -2.58. The molecule has 11 nitrogen and oxygen atoms in total. The first-order chi connectivity index (χ1) is 21.9. The number of hydrogen-bond acceptors (Lipinski definition) is 6. The Kier molecular flexibility index (Phi) is 9.92. The van der Waals surface area contributed by atoms with Crippen molar-refractivity contribution in [2.45, 2.75) is 90.0 Å². The van der Waals surface area contributed by atoms with E-state index >= 15 is 0 Å². The first-order valence-corrected chi connectivity index (χ1v) is 18.5. The molecule has 3 saturated heterocycles. The van der Waals surface area contributed by atoms with E-state index in [1.54, 1.807) is 30.6 Å². The number of alkyl halides is 2. The van der Waals surface area contributed by atoms with Crippen molar-refractivity contribution in [2.24, 2.45) is 11.3 Å². The summed E-state index contributed by atoms with van der Waals surface area (Å²) in [4.78, 5) is 77.8. The van der Waals surface area contributed by atoms with Crippen molar-refractivity contribution < 1.29 is 42.3 Å². The Labute approximate surface area is 276 Å². The lowest BCUT2D eigenvalue weighted by molar-refractivity contribution is -0.146. The highest BCUT2D eigenvalue weighted by molar-refractivity contribution is 7.52. The number of carbonyl (C=O) groups is 4. The molecule has 0 radical (unpaired) electrons. The van der Waals surface area contributed by atoms with Gasteiger partial charge in [-0.05, 0) is 54.7 Å². The highest BCUT2D eigenvalue weighted by Crippen LogP contribution is 2.59. The maximum absolute atomic E-state index is 14.3. The topological polar surface area (TPSA) is 148 Å². The van der Waals surface area contributed by atoms with Gasteiger partial charge in [0.25, 0.3) is 5.91 Å². The molecule has 3 aliphatic rings. The Morgan fingerprint density at radius 1 is 1.06 bits per heavy atom. The summed E-state index contributed by atoms with van der Waals surface area (Å²) >= 11 is 1.00. The van der Waals surface area contributed by atoms with Crippen LogP contribution in [0.3, 0.4) is 0 Å². The lowest BCUT2D eigenvalue weighted by atomic mass is 9.85. The predicted octanol–water partition coefficient (Wildman–Crippen LogP) is 4.51. The number of thiophene rings is 1. The number of nitrogens with zero attached hydrogens (tertiary/aromatic N) is 3. The van der Waals surface area contributed by atoms with E-state index in [4.69, 9.17) is 9.79 Å². The van der Waals surface area contributed by atoms with Crippen LogP contribution in [0, 0.1) is 11.3 Å². The van der Waals surface area contributed by atoms with Gasteiger partial charge in [0.05, 0.1) is 10.9 Å². The fraction of sp³-hybridized carbons (Fsp3) is 0.625. The second-order valence-electron chi connectivity index (χ2n) is 14.0. The second kappa shape index (κ2) is 13.2. The Morgan fingerprint density at radius 2 is 1.79 bits per heavy atom. The van der Waals surface area contributed by atoms with Gasteiger partial charge in [-0.3, -0.25) is 23.7 Å². The molecule has 0 spiro atoms. The van der Waals surface area contributed by atoms with Crippen molar-refractivity contribution in [2.75, 3.05) is 26.2 Å². The summed E-state index contributed by atoms with van der Waals surface area (Å²) in [6.07, 6.45) is 4.26. The minimum Gasteiger partial charge on any atom is -0.339 e. The van der Waals surface area contributed by atoms with Crippen LogP contribution in [0.1, 0.15) is 81.5 Å². The van der Waals surface area contributed by atoms with Crippen LogP contribution in [-0.2, 0) is 24.6 Å². The van der Waals surface area contributed by atoms with Gasteiger partial charge in [-0.15, -0.1) is 11.3 Å². The molecule has 47 heavy (non-hydrogen) atoms. The van der Waals surface area contributed by atoms with Crippen LogP contribution in [0.4, 0.5) is 8.78 Å². The Hall–Kier alpha value is -2.93. The average molecular weight is 697 g/mol. The van der Waals surface area contributed by atoms with Crippen molar-refractivity contribution >= 4 is 52.6 Å². The van der Waals surface area contributed by atoms with Crippen LogP contribution in [0.2, 0.25) is 0 Å². The SMILES string of the molecule is CCCCC(=O)N1CC[C@H]2CN(C(=O)[C@@H]3CCCN3C(=O)[C@@H](NC(=O)c3cc4cc(C(F)(F)P(=O)(O)O)ccc4s3)C(C)(C)C)C[C@H]21. The number of unbranched alkanes of at least 4 members (excludes halogenated alkanes) is 1.